The van der Waals surface area contributed by atoms with Gasteiger partial charge in [-0.2, -0.15) is 0 Å². The molecule has 0 radical (unpaired) electrons. The van der Waals surface area contributed by atoms with E-state index in [0.29, 0.717) is 0 Å². The van der Waals surface area contributed by atoms with Crippen molar-refractivity contribution in [3.8, 4) is 22.8 Å². The van der Waals surface area contributed by atoms with Gasteiger partial charge in [0, 0.05) is 28.6 Å². The lowest BCUT2D eigenvalue weighted by Gasteiger charge is -2.28. The van der Waals surface area contributed by atoms with Gasteiger partial charge >= 0.3 is 0 Å². The van der Waals surface area contributed by atoms with Crippen molar-refractivity contribution in [3.63, 3.8) is 0 Å². The third-order valence-corrected chi connectivity index (χ3v) is 7.56. The number of pyridine rings is 2. The SMILES string of the molecule is Cc1c2c(c(CC(C)(C)C)c3ncccc13)Oc1cc3cccc(CC(C)(C)C)c3c3cc[n+](C)c-2c13. The number of benzene rings is 3. The molecule has 0 aliphatic carbocycles. The maximum absolute atomic E-state index is 6.97. The van der Waals surface area contributed by atoms with E-state index in [4.69, 9.17) is 9.72 Å². The summed E-state index contributed by atoms with van der Waals surface area (Å²) in [6.45, 7) is 16.0. The van der Waals surface area contributed by atoms with Gasteiger partial charge in [0.2, 0.25) is 5.69 Å². The van der Waals surface area contributed by atoms with Crippen molar-refractivity contribution in [2.75, 3.05) is 0 Å². The van der Waals surface area contributed by atoms with Crippen molar-refractivity contribution >= 4 is 32.4 Å². The highest BCUT2D eigenvalue weighted by molar-refractivity contribution is 6.17. The number of aromatic nitrogens is 2. The van der Waals surface area contributed by atoms with Gasteiger partial charge in [-0.15, -0.1) is 0 Å². The van der Waals surface area contributed by atoms with Gasteiger partial charge in [-0.05, 0) is 64.6 Å². The minimum atomic E-state index is 0.0938. The standard InChI is InChI=1S/C34H37N2O/c1-20-23-13-10-15-35-30(23)25(19-34(5,6)7)32-27(20)31-29-24(14-16-36(31)8)28-21(17-26(29)37-32)11-9-12-22(28)18-33(2,3)4/h9-17H,18-19H2,1-8H3/q+1. The summed E-state index contributed by atoms with van der Waals surface area (Å²) in [5.41, 5.74) is 7.62. The first-order chi connectivity index (χ1) is 17.4. The minimum absolute atomic E-state index is 0.0938. The Morgan fingerprint density at radius 1 is 0.865 bits per heavy atom. The van der Waals surface area contributed by atoms with E-state index in [0.717, 1.165) is 29.9 Å². The Bertz CT molecular complexity index is 1730. The van der Waals surface area contributed by atoms with E-state index in [2.05, 4.69) is 103 Å². The number of fused-ring (bicyclic) bond motifs is 5. The Morgan fingerprint density at radius 2 is 1.62 bits per heavy atom. The Kier molecular flexibility index (Phi) is 5.18. The molecule has 1 aliphatic heterocycles. The molecule has 3 nitrogen and oxygen atoms in total. The summed E-state index contributed by atoms with van der Waals surface area (Å²) >= 11 is 0. The normalized spacial score (nSPS) is 13.3. The van der Waals surface area contributed by atoms with E-state index in [1.54, 1.807) is 0 Å². The second-order valence-electron chi connectivity index (χ2n) is 13.2. The number of hydrogen-bond acceptors (Lipinski definition) is 2. The quantitative estimate of drug-likeness (QED) is 0.180. The fraction of sp³-hybridized carbons (Fsp3) is 0.353. The molecule has 6 rings (SSSR count). The second kappa shape index (κ2) is 8.02. The van der Waals surface area contributed by atoms with Crippen LogP contribution in [0.15, 0.2) is 54.9 Å². The summed E-state index contributed by atoms with van der Waals surface area (Å²) in [6, 6.07) is 15.5. The molecule has 5 aromatic rings. The number of rotatable bonds is 2. The molecule has 37 heavy (non-hydrogen) atoms. The number of hydrogen-bond donors (Lipinski definition) is 0. The smallest absolute Gasteiger partial charge is 0.228 e. The van der Waals surface area contributed by atoms with E-state index in [1.165, 1.54) is 54.9 Å². The Morgan fingerprint density at radius 3 is 2.35 bits per heavy atom. The maximum Gasteiger partial charge on any atom is 0.228 e. The van der Waals surface area contributed by atoms with Crippen molar-refractivity contribution in [3.05, 3.63) is 71.5 Å². The van der Waals surface area contributed by atoms with Crippen molar-refractivity contribution in [2.24, 2.45) is 17.9 Å². The van der Waals surface area contributed by atoms with Crippen LogP contribution in [-0.2, 0) is 19.9 Å². The molecule has 0 saturated heterocycles. The average molecular weight is 490 g/mol. The first-order valence-electron chi connectivity index (χ1n) is 13.4. The lowest BCUT2D eigenvalue weighted by Crippen LogP contribution is -2.32. The van der Waals surface area contributed by atoms with E-state index in [-0.39, 0.29) is 10.8 Å². The molecule has 3 heteroatoms. The van der Waals surface area contributed by atoms with Gasteiger partial charge in [-0.3, -0.25) is 4.98 Å². The van der Waals surface area contributed by atoms with Crippen LogP contribution >= 0.6 is 0 Å². The molecule has 0 fully saturated rings. The Labute approximate surface area is 220 Å². The predicted molar refractivity (Wildman–Crippen MR) is 154 cm³/mol. The van der Waals surface area contributed by atoms with Gasteiger partial charge in [0.05, 0.1) is 16.5 Å². The van der Waals surface area contributed by atoms with Crippen molar-refractivity contribution in [1.29, 1.82) is 0 Å². The molecule has 0 amide bonds. The van der Waals surface area contributed by atoms with E-state index in [1.807, 2.05) is 12.3 Å². The molecule has 1 aliphatic rings. The molecule has 0 saturated carbocycles. The van der Waals surface area contributed by atoms with Crippen LogP contribution in [0.5, 0.6) is 11.5 Å². The maximum atomic E-state index is 6.97. The predicted octanol–water partition coefficient (Wildman–Crippen LogP) is 8.62. The van der Waals surface area contributed by atoms with E-state index >= 15 is 0 Å². The molecular weight excluding hydrogens is 452 g/mol. The van der Waals surface area contributed by atoms with Gasteiger partial charge in [-0.1, -0.05) is 65.8 Å². The summed E-state index contributed by atoms with van der Waals surface area (Å²) in [5.74, 6) is 1.92. The van der Waals surface area contributed by atoms with Crippen LogP contribution in [0.1, 0.15) is 58.2 Å². The average Bonchev–Trinajstić information content (AvgIpc) is 2.81. The van der Waals surface area contributed by atoms with Crippen molar-refractivity contribution in [1.82, 2.24) is 4.98 Å². The summed E-state index contributed by atoms with van der Waals surface area (Å²) in [7, 11) is 2.16. The second-order valence-corrected chi connectivity index (χ2v) is 13.2. The molecule has 2 aromatic heterocycles. The molecule has 3 heterocycles. The van der Waals surface area contributed by atoms with E-state index < -0.39 is 0 Å². The van der Waals surface area contributed by atoms with Crippen LogP contribution in [0.4, 0.5) is 0 Å². The van der Waals surface area contributed by atoms with Gasteiger partial charge in [0.1, 0.15) is 18.5 Å². The van der Waals surface area contributed by atoms with Crippen LogP contribution < -0.4 is 9.30 Å². The van der Waals surface area contributed by atoms with Crippen LogP contribution in [0.3, 0.4) is 0 Å². The van der Waals surface area contributed by atoms with Gasteiger partial charge in [0.25, 0.3) is 0 Å². The molecule has 0 atom stereocenters. The first kappa shape index (κ1) is 23.9. The Balaban J connectivity index is 1.77. The summed E-state index contributed by atoms with van der Waals surface area (Å²) < 4.78 is 9.25. The number of nitrogens with zero attached hydrogens (tertiary/aromatic N) is 2. The van der Waals surface area contributed by atoms with Crippen LogP contribution in [0.25, 0.3) is 43.7 Å². The van der Waals surface area contributed by atoms with Gasteiger partial charge < -0.3 is 4.74 Å². The third kappa shape index (κ3) is 3.87. The third-order valence-electron chi connectivity index (χ3n) is 7.56. The monoisotopic (exact) mass is 489 g/mol. The fourth-order valence-electron chi connectivity index (χ4n) is 6.20. The van der Waals surface area contributed by atoms with Crippen molar-refractivity contribution < 1.29 is 9.30 Å². The fourth-order valence-corrected chi connectivity index (χ4v) is 6.20. The molecule has 0 bridgehead atoms. The zero-order valence-corrected chi connectivity index (χ0v) is 23.4. The highest BCUT2D eigenvalue weighted by Crippen LogP contribution is 2.52. The van der Waals surface area contributed by atoms with Crippen molar-refractivity contribution in [2.45, 2.75) is 61.3 Å². The molecule has 0 spiro atoms. The highest BCUT2D eigenvalue weighted by Gasteiger charge is 2.35. The number of aryl methyl sites for hydroxylation is 2. The molecule has 188 valence electrons. The first-order valence-corrected chi connectivity index (χ1v) is 13.4. The topological polar surface area (TPSA) is 26.0 Å². The largest absolute Gasteiger partial charge is 0.455 e. The zero-order chi connectivity index (χ0) is 26.3. The number of ether oxygens (including phenoxy) is 1. The van der Waals surface area contributed by atoms with E-state index in [9.17, 15) is 0 Å². The van der Waals surface area contributed by atoms with Gasteiger partial charge in [0.15, 0.2) is 6.20 Å². The van der Waals surface area contributed by atoms with Gasteiger partial charge in [-0.25, -0.2) is 4.57 Å². The van der Waals surface area contributed by atoms with Crippen LogP contribution in [0, 0.1) is 17.8 Å². The zero-order valence-electron chi connectivity index (χ0n) is 23.4. The molecule has 0 N–H and O–H groups in total. The van der Waals surface area contributed by atoms with Crippen LogP contribution in [-0.4, -0.2) is 4.98 Å². The summed E-state index contributed by atoms with van der Waals surface area (Å²) in [5, 5.41) is 6.27. The summed E-state index contributed by atoms with van der Waals surface area (Å²) in [4.78, 5) is 4.87. The Hall–Kier alpha value is -3.46. The summed E-state index contributed by atoms with van der Waals surface area (Å²) in [6.07, 6.45) is 6.04. The lowest BCUT2D eigenvalue weighted by atomic mass is 9.82. The highest BCUT2D eigenvalue weighted by atomic mass is 16.5. The molecule has 0 unspecified atom stereocenters. The molecule has 3 aromatic carbocycles. The van der Waals surface area contributed by atoms with Crippen LogP contribution in [0.2, 0.25) is 0 Å². The minimum Gasteiger partial charge on any atom is -0.455 e. The lowest BCUT2D eigenvalue weighted by molar-refractivity contribution is -0.659. The molecular formula is C34H37N2O+.